The summed E-state index contributed by atoms with van der Waals surface area (Å²) in [5.74, 6) is -0.230. The van der Waals surface area contributed by atoms with Gasteiger partial charge in [-0.05, 0) is 23.8 Å². The molecule has 0 unspecified atom stereocenters. The van der Waals surface area contributed by atoms with Crippen LogP contribution in [-0.2, 0) is 6.54 Å². The van der Waals surface area contributed by atoms with Crippen LogP contribution in [0.25, 0.3) is 20.8 Å². The largest absolute Gasteiger partial charge is 0.316 e. The van der Waals surface area contributed by atoms with Crippen LogP contribution in [0, 0.1) is 5.82 Å². The van der Waals surface area contributed by atoms with Crippen LogP contribution < -0.4 is 0 Å². The van der Waals surface area contributed by atoms with Gasteiger partial charge in [0, 0.05) is 12.1 Å². The van der Waals surface area contributed by atoms with Crippen LogP contribution in [0.5, 0.6) is 0 Å². The molecule has 0 aliphatic rings. The quantitative estimate of drug-likeness (QED) is 0.579. The van der Waals surface area contributed by atoms with E-state index < -0.39 is 0 Å². The molecule has 0 N–H and O–H groups in total. The molecule has 0 spiro atoms. The summed E-state index contributed by atoms with van der Waals surface area (Å²) in [6.45, 7) is 0.734. The highest BCUT2D eigenvalue weighted by Crippen LogP contribution is 2.30. The first-order valence-corrected chi connectivity index (χ1v) is 7.57. The van der Waals surface area contributed by atoms with E-state index in [0.717, 1.165) is 32.9 Å². The van der Waals surface area contributed by atoms with Gasteiger partial charge in [0.15, 0.2) is 0 Å². The smallest absolute Gasteiger partial charge is 0.124 e. The molecule has 0 aliphatic heterocycles. The number of thiazole rings is 1. The number of hydrogen-bond acceptors (Lipinski definition) is 4. The average Bonchev–Trinajstić information content (AvgIpc) is 3.17. The van der Waals surface area contributed by atoms with Crippen LogP contribution in [0.15, 0.2) is 55.1 Å². The fourth-order valence-corrected chi connectivity index (χ4v) is 3.29. The highest BCUT2D eigenvalue weighted by Gasteiger charge is 2.07. The Kier molecular flexibility index (Phi) is 3.16. The van der Waals surface area contributed by atoms with Crippen LogP contribution in [0.3, 0.4) is 0 Å². The number of fused-ring (bicyclic) bond motifs is 1. The lowest BCUT2D eigenvalue weighted by Crippen LogP contribution is -1.95. The lowest BCUT2D eigenvalue weighted by molar-refractivity contribution is 0.630. The van der Waals surface area contributed by atoms with Gasteiger partial charge in [-0.2, -0.15) is 0 Å². The Labute approximate surface area is 129 Å². The number of halogens is 1. The van der Waals surface area contributed by atoms with E-state index in [1.54, 1.807) is 18.7 Å². The maximum Gasteiger partial charge on any atom is 0.124 e. The zero-order chi connectivity index (χ0) is 14.9. The maximum atomic E-state index is 13.2. The third-order valence-corrected chi connectivity index (χ3v) is 4.45. The molecule has 0 fully saturated rings. The van der Waals surface area contributed by atoms with Crippen molar-refractivity contribution in [3.05, 3.63) is 66.5 Å². The van der Waals surface area contributed by atoms with Gasteiger partial charge in [0.1, 0.15) is 23.5 Å². The van der Waals surface area contributed by atoms with Gasteiger partial charge >= 0.3 is 0 Å². The van der Waals surface area contributed by atoms with E-state index in [1.807, 2.05) is 16.7 Å². The number of nitrogens with zero attached hydrogens (tertiary/aromatic N) is 4. The van der Waals surface area contributed by atoms with E-state index in [4.69, 9.17) is 0 Å². The summed E-state index contributed by atoms with van der Waals surface area (Å²) >= 11 is 1.50. The first-order valence-electron chi connectivity index (χ1n) is 6.76. The van der Waals surface area contributed by atoms with Crippen molar-refractivity contribution in [2.24, 2.45) is 0 Å². The molecule has 6 heteroatoms. The molecule has 0 aliphatic carbocycles. The molecule has 0 saturated carbocycles. The van der Waals surface area contributed by atoms with Gasteiger partial charge < -0.3 is 4.57 Å². The number of hydrogen-bond donors (Lipinski definition) is 0. The molecule has 108 valence electrons. The third-order valence-electron chi connectivity index (χ3n) is 3.38. The molecule has 2 aromatic heterocycles. The second kappa shape index (κ2) is 5.31. The lowest BCUT2D eigenvalue weighted by atomic mass is 10.1. The molecule has 0 amide bonds. The zero-order valence-corrected chi connectivity index (χ0v) is 12.3. The monoisotopic (exact) mass is 310 g/mol. The summed E-state index contributed by atoms with van der Waals surface area (Å²) in [6, 6.07) is 12.9. The van der Waals surface area contributed by atoms with Gasteiger partial charge in [-0.3, -0.25) is 0 Å². The van der Waals surface area contributed by atoms with Crippen molar-refractivity contribution >= 4 is 21.6 Å². The van der Waals surface area contributed by atoms with Crippen LogP contribution in [0.4, 0.5) is 4.39 Å². The molecule has 2 aromatic carbocycles. The summed E-state index contributed by atoms with van der Waals surface area (Å²) in [4.78, 5) is 4.56. The normalized spacial score (nSPS) is 11.1. The van der Waals surface area contributed by atoms with Gasteiger partial charge in [-0.15, -0.1) is 21.5 Å². The Morgan fingerprint density at radius 2 is 1.77 bits per heavy atom. The van der Waals surface area contributed by atoms with Crippen molar-refractivity contribution in [3.8, 4) is 10.6 Å². The van der Waals surface area contributed by atoms with Crippen molar-refractivity contribution in [3.63, 3.8) is 0 Å². The van der Waals surface area contributed by atoms with Crippen LogP contribution in [0.2, 0.25) is 0 Å². The molecule has 0 radical (unpaired) electrons. The Balaban J connectivity index is 1.63. The Hall–Kier alpha value is -2.60. The van der Waals surface area contributed by atoms with Gasteiger partial charge in [0.05, 0.1) is 10.2 Å². The molecule has 2 heterocycles. The van der Waals surface area contributed by atoms with E-state index in [9.17, 15) is 4.39 Å². The molecule has 4 aromatic rings. The second-order valence-corrected chi connectivity index (χ2v) is 5.99. The van der Waals surface area contributed by atoms with E-state index in [0.29, 0.717) is 0 Å². The number of aromatic nitrogens is 4. The molecular formula is C16H11FN4S. The van der Waals surface area contributed by atoms with Gasteiger partial charge in [-0.1, -0.05) is 24.3 Å². The minimum atomic E-state index is -0.230. The highest BCUT2D eigenvalue weighted by atomic mass is 32.1. The fraction of sp³-hybridized carbons (Fsp3) is 0.0625. The molecule has 0 atom stereocenters. The van der Waals surface area contributed by atoms with Crippen LogP contribution >= 0.6 is 11.3 Å². The molecule has 0 bridgehead atoms. The zero-order valence-electron chi connectivity index (χ0n) is 11.5. The maximum absolute atomic E-state index is 13.2. The molecular weight excluding hydrogens is 299 g/mol. The number of rotatable bonds is 3. The predicted octanol–water partition coefficient (Wildman–Crippen LogP) is 3.74. The lowest BCUT2D eigenvalue weighted by Gasteiger charge is -2.02. The van der Waals surface area contributed by atoms with Gasteiger partial charge in [0.25, 0.3) is 0 Å². The minimum absolute atomic E-state index is 0.230. The Morgan fingerprint density at radius 3 is 2.55 bits per heavy atom. The number of benzene rings is 2. The van der Waals surface area contributed by atoms with E-state index in [-0.39, 0.29) is 5.82 Å². The predicted molar refractivity (Wildman–Crippen MR) is 84.1 cm³/mol. The average molecular weight is 310 g/mol. The highest BCUT2D eigenvalue weighted by molar-refractivity contribution is 7.21. The van der Waals surface area contributed by atoms with Crippen molar-refractivity contribution < 1.29 is 4.39 Å². The topological polar surface area (TPSA) is 43.6 Å². The van der Waals surface area contributed by atoms with E-state index in [1.165, 1.54) is 23.5 Å². The molecule has 0 saturated heterocycles. The summed E-state index contributed by atoms with van der Waals surface area (Å²) in [5.41, 5.74) is 3.03. The van der Waals surface area contributed by atoms with Crippen molar-refractivity contribution in [2.75, 3.05) is 0 Å². The Morgan fingerprint density at radius 1 is 1.00 bits per heavy atom. The minimum Gasteiger partial charge on any atom is -0.316 e. The van der Waals surface area contributed by atoms with Gasteiger partial charge in [-0.25, -0.2) is 9.37 Å². The van der Waals surface area contributed by atoms with Crippen LogP contribution in [-0.4, -0.2) is 19.7 Å². The Bertz CT molecular complexity index is 913. The molecule has 22 heavy (non-hydrogen) atoms. The SMILES string of the molecule is Fc1ccc2nc(-c3ccc(Cn4cnnc4)cc3)sc2c1. The second-order valence-electron chi connectivity index (χ2n) is 4.96. The fourth-order valence-electron chi connectivity index (χ4n) is 2.29. The first kappa shape index (κ1) is 13.1. The standard InChI is InChI=1S/C16H11FN4S/c17-13-5-6-14-15(7-13)22-16(20-14)12-3-1-11(2-4-12)8-21-9-18-19-10-21/h1-7,9-10H,8H2. The third kappa shape index (κ3) is 2.48. The van der Waals surface area contributed by atoms with E-state index in [2.05, 4.69) is 27.3 Å². The first-order chi connectivity index (χ1) is 10.8. The van der Waals surface area contributed by atoms with Gasteiger partial charge in [0.2, 0.25) is 0 Å². The van der Waals surface area contributed by atoms with Crippen molar-refractivity contribution in [1.29, 1.82) is 0 Å². The summed E-state index contributed by atoms with van der Waals surface area (Å²) in [6.07, 6.45) is 3.38. The van der Waals surface area contributed by atoms with Crippen LogP contribution in [0.1, 0.15) is 5.56 Å². The molecule has 4 rings (SSSR count). The summed E-state index contributed by atoms with van der Waals surface area (Å²) < 4.78 is 16.0. The van der Waals surface area contributed by atoms with Crippen molar-refractivity contribution in [1.82, 2.24) is 19.7 Å². The summed E-state index contributed by atoms with van der Waals surface area (Å²) in [5, 5.41) is 8.48. The van der Waals surface area contributed by atoms with Crippen molar-refractivity contribution in [2.45, 2.75) is 6.54 Å². The van der Waals surface area contributed by atoms with E-state index >= 15 is 0 Å². The molecule has 4 nitrogen and oxygen atoms in total. The summed E-state index contributed by atoms with van der Waals surface area (Å²) in [7, 11) is 0.